The molecule has 0 spiro atoms. The smallest absolute Gasteiger partial charge is 1.00 e. The van der Waals surface area contributed by atoms with Crippen molar-refractivity contribution in [3.05, 3.63) is 0 Å². The molecule has 0 aliphatic rings. The predicted molar refractivity (Wildman–Crippen MR) is 69.2 cm³/mol. The summed E-state index contributed by atoms with van der Waals surface area (Å²) in [5, 5.41) is 13.5. The predicted octanol–water partition coefficient (Wildman–Crippen LogP) is -6.68. The third-order valence-electron chi connectivity index (χ3n) is 1.82. The molecule has 0 aliphatic heterocycles. The van der Waals surface area contributed by atoms with Crippen molar-refractivity contribution in [2.45, 2.75) is 27.7 Å². The topological polar surface area (TPSA) is 154 Å². The molecule has 0 unspecified atom stereocenters. The van der Waals surface area contributed by atoms with Gasteiger partial charge in [-0.05, 0) is 27.7 Å². The van der Waals surface area contributed by atoms with Crippen molar-refractivity contribution in [2.75, 3.05) is 0 Å². The maximum absolute atomic E-state index is 4.90. The van der Waals surface area contributed by atoms with Crippen LogP contribution in [-0.4, -0.2) is 22.8 Å². The van der Waals surface area contributed by atoms with Crippen molar-refractivity contribution in [1.29, 1.82) is 0 Å². The van der Waals surface area contributed by atoms with Crippen LogP contribution in [-0.2, 0) is 16.5 Å². The molecule has 116 valence electrons. The van der Waals surface area contributed by atoms with E-state index in [0.29, 0.717) is 22.8 Å². The summed E-state index contributed by atoms with van der Waals surface area (Å²) in [6.45, 7) is 6.97. The molecule has 0 aromatic carbocycles. The number of hydrogen-bond acceptors (Lipinski definition) is 8. The van der Waals surface area contributed by atoms with Crippen molar-refractivity contribution in [3.63, 3.8) is 0 Å². The van der Waals surface area contributed by atoms with E-state index < -0.39 is 0 Å². The summed E-state index contributed by atoms with van der Waals surface area (Å²) in [7, 11) is 0. The van der Waals surface area contributed by atoms with E-state index in [-0.39, 0.29) is 41.3 Å². The molecule has 0 heterocycles. The number of halogens is 2. The summed E-state index contributed by atoms with van der Waals surface area (Å²) >= 11 is 0. The summed E-state index contributed by atoms with van der Waals surface area (Å²) in [6.07, 6.45) is 0. The Bertz CT molecular complexity index is 263. The Balaban J connectivity index is -0.0000000594. The Morgan fingerprint density at radius 2 is 0.632 bits per heavy atom. The van der Waals surface area contributed by atoms with Gasteiger partial charge in [-0.3, -0.25) is 0 Å². The second-order valence-corrected chi connectivity index (χ2v) is 2.86. The van der Waals surface area contributed by atoms with Crippen LogP contribution in [0.1, 0.15) is 27.7 Å². The molecule has 0 aliphatic carbocycles. The van der Waals surface area contributed by atoms with Gasteiger partial charge in [0, 0.05) is 0 Å². The normalized spacial score (nSPS) is 12.0. The van der Waals surface area contributed by atoms with Crippen LogP contribution < -0.4 is 48.2 Å². The minimum Gasteiger partial charge on any atom is -1.00 e. The summed E-state index contributed by atoms with van der Waals surface area (Å²) < 4.78 is 0. The molecular formula is C8H20Cl2N8Ni. The van der Waals surface area contributed by atoms with Crippen molar-refractivity contribution in [1.82, 2.24) is 0 Å². The Morgan fingerprint density at radius 3 is 0.684 bits per heavy atom. The van der Waals surface area contributed by atoms with Crippen LogP contribution in [0.3, 0.4) is 0 Å². The van der Waals surface area contributed by atoms with Gasteiger partial charge in [0.25, 0.3) is 0 Å². The van der Waals surface area contributed by atoms with E-state index in [4.69, 9.17) is 23.4 Å². The summed E-state index contributed by atoms with van der Waals surface area (Å²) in [5.41, 5.74) is 2.64. The van der Waals surface area contributed by atoms with E-state index in [1.165, 1.54) is 0 Å². The van der Waals surface area contributed by atoms with E-state index >= 15 is 0 Å². The Morgan fingerprint density at radius 1 is 0.526 bits per heavy atom. The molecule has 0 saturated carbocycles. The Kier molecular flexibility index (Phi) is 31.2. The van der Waals surface area contributed by atoms with Gasteiger partial charge in [0.1, 0.15) is 0 Å². The zero-order chi connectivity index (χ0) is 13.1. The van der Waals surface area contributed by atoms with E-state index in [9.17, 15) is 0 Å². The zero-order valence-corrected chi connectivity index (χ0v) is 13.7. The van der Waals surface area contributed by atoms with Crippen molar-refractivity contribution >= 4 is 22.8 Å². The summed E-state index contributed by atoms with van der Waals surface area (Å²) in [4.78, 5) is 0. The van der Waals surface area contributed by atoms with Crippen LogP contribution in [0.4, 0.5) is 0 Å². The van der Waals surface area contributed by atoms with Crippen molar-refractivity contribution in [3.8, 4) is 0 Å². The quantitative estimate of drug-likeness (QED) is 0.168. The Labute approximate surface area is 135 Å². The fraction of sp³-hybridized carbons (Fsp3) is 0.500. The van der Waals surface area contributed by atoms with Crippen LogP contribution in [0.2, 0.25) is 0 Å². The van der Waals surface area contributed by atoms with Crippen LogP contribution >= 0.6 is 0 Å². The van der Waals surface area contributed by atoms with Crippen LogP contribution in [0.15, 0.2) is 20.4 Å². The molecule has 0 saturated heterocycles. The van der Waals surface area contributed by atoms with Gasteiger partial charge in [-0.25, -0.2) is 0 Å². The fourth-order valence-electron chi connectivity index (χ4n) is 0.374. The second-order valence-electron chi connectivity index (χ2n) is 2.86. The average molecular weight is 358 g/mol. The maximum Gasteiger partial charge on any atom is 2.00 e. The number of nitrogens with two attached hydrogens (primary N) is 4. The van der Waals surface area contributed by atoms with Crippen LogP contribution in [0.5, 0.6) is 0 Å². The number of hydrogen-bond donors (Lipinski definition) is 4. The first-order valence-corrected chi connectivity index (χ1v) is 4.43. The third kappa shape index (κ3) is 17.0. The van der Waals surface area contributed by atoms with Crippen molar-refractivity contribution < 1.29 is 41.3 Å². The largest absolute Gasteiger partial charge is 2.00 e. The standard InChI is InChI=1S/2C4H10N4.2ClH.Ni/c2*1-3(7-5)4(2)8-6;;;/h2*5-6H2,1-2H3;2*1H;/q;;;;+2/p-2/b2*7-3+,8-4+;;;. The van der Waals surface area contributed by atoms with Crippen LogP contribution in [0.25, 0.3) is 0 Å². The molecule has 0 aromatic heterocycles. The van der Waals surface area contributed by atoms with Gasteiger partial charge in [0.2, 0.25) is 0 Å². The van der Waals surface area contributed by atoms with Crippen molar-refractivity contribution in [2.24, 2.45) is 43.8 Å². The average Bonchev–Trinajstić information content (AvgIpc) is 2.35. The first kappa shape index (κ1) is 30.8. The van der Waals surface area contributed by atoms with E-state index in [1.54, 1.807) is 27.7 Å². The molecule has 0 amide bonds. The van der Waals surface area contributed by atoms with Crippen LogP contribution in [0, 0.1) is 0 Å². The number of hydrazone groups is 4. The van der Waals surface area contributed by atoms with Gasteiger partial charge in [-0.1, -0.05) is 0 Å². The second kappa shape index (κ2) is 19.3. The monoisotopic (exact) mass is 356 g/mol. The molecular weight excluding hydrogens is 338 g/mol. The SMILES string of the molecule is CC(=N\N)/C(C)=N/N.CC(=N\N)/C(C)=N/N.[Cl-].[Cl-].[Ni+2]. The maximum atomic E-state index is 4.90. The molecule has 0 atom stereocenters. The van der Waals surface area contributed by atoms with Gasteiger partial charge in [-0.2, -0.15) is 20.4 Å². The molecule has 8 nitrogen and oxygen atoms in total. The molecule has 8 N–H and O–H groups in total. The van der Waals surface area contributed by atoms with Gasteiger partial charge in [0.15, 0.2) is 0 Å². The molecule has 11 heteroatoms. The van der Waals surface area contributed by atoms with Gasteiger partial charge in [-0.15, -0.1) is 0 Å². The van der Waals surface area contributed by atoms with Gasteiger partial charge in [0.05, 0.1) is 22.8 Å². The van der Waals surface area contributed by atoms with E-state index in [2.05, 4.69) is 20.4 Å². The number of nitrogens with zero attached hydrogens (tertiary/aromatic N) is 4. The molecule has 0 radical (unpaired) electrons. The Hall–Kier alpha value is -1.05. The summed E-state index contributed by atoms with van der Waals surface area (Å²) in [5.74, 6) is 19.6. The molecule has 0 rings (SSSR count). The molecule has 0 aromatic rings. The van der Waals surface area contributed by atoms with Gasteiger partial charge < -0.3 is 48.2 Å². The third-order valence-corrected chi connectivity index (χ3v) is 1.82. The minimum atomic E-state index is 0. The van der Waals surface area contributed by atoms with E-state index in [1.807, 2.05) is 0 Å². The fourth-order valence-corrected chi connectivity index (χ4v) is 0.374. The molecule has 0 fully saturated rings. The molecule has 19 heavy (non-hydrogen) atoms. The zero-order valence-electron chi connectivity index (χ0n) is 11.2. The number of rotatable bonds is 2. The first-order valence-electron chi connectivity index (χ1n) is 4.43. The summed E-state index contributed by atoms with van der Waals surface area (Å²) in [6, 6.07) is 0. The van der Waals surface area contributed by atoms with Gasteiger partial charge >= 0.3 is 16.5 Å². The first-order chi connectivity index (χ1) is 7.44. The minimum absolute atomic E-state index is 0. The van der Waals surface area contributed by atoms with E-state index in [0.717, 1.165) is 0 Å². The molecule has 0 bridgehead atoms.